The summed E-state index contributed by atoms with van der Waals surface area (Å²) in [6.45, 7) is 0.817. The molecule has 5 rings (SSSR count). The predicted octanol–water partition coefficient (Wildman–Crippen LogP) is 5.48. The summed E-state index contributed by atoms with van der Waals surface area (Å²) in [7, 11) is 1.68. The topological polar surface area (TPSA) is 46.8 Å². The van der Waals surface area contributed by atoms with Crippen molar-refractivity contribution >= 4 is 23.3 Å². The number of thioether (sulfide) groups is 1. The van der Waals surface area contributed by atoms with E-state index in [1.165, 1.54) is 5.56 Å². The molecule has 1 aliphatic heterocycles. The molecule has 3 heterocycles. The van der Waals surface area contributed by atoms with Crippen LogP contribution in [0.4, 0.5) is 0 Å². The van der Waals surface area contributed by atoms with Gasteiger partial charge in [0.2, 0.25) is 0 Å². The minimum Gasteiger partial charge on any atom is -0.497 e. The van der Waals surface area contributed by atoms with Crippen molar-refractivity contribution in [3.8, 4) is 5.75 Å². The molecule has 6 heteroatoms. The van der Waals surface area contributed by atoms with Crippen molar-refractivity contribution in [2.24, 2.45) is 0 Å². The van der Waals surface area contributed by atoms with Crippen LogP contribution < -0.4 is 4.74 Å². The molecular formula is C27H27N3O2S. The van der Waals surface area contributed by atoms with Crippen molar-refractivity contribution in [2.45, 2.75) is 36.0 Å². The Bertz CT molecular complexity index is 1220. The number of ether oxygens (including phenoxy) is 1. The van der Waals surface area contributed by atoms with Crippen LogP contribution in [0.1, 0.15) is 34.5 Å². The summed E-state index contributed by atoms with van der Waals surface area (Å²) in [6.07, 6.45) is 7.02. The van der Waals surface area contributed by atoms with Gasteiger partial charge in [0.25, 0.3) is 5.91 Å². The molecule has 2 aromatic carbocycles. The van der Waals surface area contributed by atoms with Crippen LogP contribution in [0.15, 0.2) is 84.0 Å². The zero-order valence-corrected chi connectivity index (χ0v) is 19.5. The van der Waals surface area contributed by atoms with Crippen LogP contribution in [0.2, 0.25) is 0 Å². The van der Waals surface area contributed by atoms with E-state index in [1.54, 1.807) is 18.9 Å². The molecule has 168 valence electrons. The number of carbonyl (C=O) groups excluding carboxylic acids is 1. The van der Waals surface area contributed by atoms with E-state index in [9.17, 15) is 4.79 Å². The lowest BCUT2D eigenvalue weighted by Gasteiger charge is -2.25. The summed E-state index contributed by atoms with van der Waals surface area (Å²) < 4.78 is 7.39. The van der Waals surface area contributed by atoms with Gasteiger partial charge >= 0.3 is 0 Å². The van der Waals surface area contributed by atoms with Gasteiger partial charge in [-0.3, -0.25) is 4.79 Å². The fourth-order valence-corrected chi connectivity index (χ4v) is 5.24. The van der Waals surface area contributed by atoms with Crippen molar-refractivity contribution in [3.05, 3.63) is 95.9 Å². The van der Waals surface area contributed by atoms with Gasteiger partial charge in [0, 0.05) is 41.2 Å². The monoisotopic (exact) mass is 457 g/mol. The van der Waals surface area contributed by atoms with Crippen molar-refractivity contribution < 1.29 is 9.53 Å². The molecule has 1 unspecified atom stereocenters. The Balaban J connectivity index is 1.22. The molecule has 0 aliphatic carbocycles. The van der Waals surface area contributed by atoms with Crippen LogP contribution >= 0.6 is 11.8 Å². The average molecular weight is 458 g/mol. The molecule has 0 N–H and O–H groups in total. The van der Waals surface area contributed by atoms with Crippen LogP contribution in [0.25, 0.3) is 5.65 Å². The summed E-state index contributed by atoms with van der Waals surface area (Å²) in [5.74, 6) is 1.78. The largest absolute Gasteiger partial charge is 0.497 e. The predicted molar refractivity (Wildman–Crippen MR) is 132 cm³/mol. The van der Waals surface area contributed by atoms with E-state index in [1.807, 2.05) is 70.1 Å². The number of hydrogen-bond acceptors (Lipinski definition) is 4. The lowest BCUT2D eigenvalue weighted by Crippen LogP contribution is -2.36. The number of imidazole rings is 1. The number of benzene rings is 2. The van der Waals surface area contributed by atoms with Gasteiger partial charge in [-0.1, -0.05) is 18.2 Å². The van der Waals surface area contributed by atoms with E-state index in [2.05, 4.69) is 23.3 Å². The number of fused-ring (bicyclic) bond motifs is 1. The summed E-state index contributed by atoms with van der Waals surface area (Å²) in [5, 5.41) is 0. The Labute approximate surface area is 198 Å². The molecular weight excluding hydrogens is 430 g/mol. The van der Waals surface area contributed by atoms with Crippen LogP contribution in [0, 0.1) is 0 Å². The Morgan fingerprint density at radius 2 is 2.00 bits per heavy atom. The van der Waals surface area contributed by atoms with Crippen molar-refractivity contribution in [1.29, 1.82) is 0 Å². The highest BCUT2D eigenvalue weighted by molar-refractivity contribution is 7.98. The quantitative estimate of drug-likeness (QED) is 0.345. The van der Waals surface area contributed by atoms with E-state index < -0.39 is 0 Å². The highest BCUT2D eigenvalue weighted by atomic mass is 32.2. The first-order chi connectivity index (χ1) is 16.2. The second-order valence-electron chi connectivity index (χ2n) is 8.36. The first-order valence-electron chi connectivity index (χ1n) is 11.3. The van der Waals surface area contributed by atoms with Gasteiger partial charge in [0.05, 0.1) is 12.8 Å². The van der Waals surface area contributed by atoms with Gasteiger partial charge < -0.3 is 14.0 Å². The highest BCUT2D eigenvalue weighted by Gasteiger charge is 2.29. The molecule has 0 bridgehead atoms. The number of nitrogens with zero attached hydrogens (tertiary/aromatic N) is 3. The van der Waals surface area contributed by atoms with E-state index in [-0.39, 0.29) is 11.9 Å². The van der Waals surface area contributed by atoms with Crippen LogP contribution in [-0.2, 0) is 12.2 Å². The third-order valence-corrected chi connectivity index (χ3v) is 7.19. The van der Waals surface area contributed by atoms with Crippen LogP contribution in [-0.4, -0.2) is 39.9 Å². The number of carbonyl (C=O) groups is 1. The smallest absolute Gasteiger partial charge is 0.254 e. The number of pyridine rings is 1. The molecule has 4 aromatic rings. The summed E-state index contributed by atoms with van der Waals surface area (Å²) in [4.78, 5) is 21.1. The molecule has 33 heavy (non-hydrogen) atoms. The van der Waals surface area contributed by atoms with Crippen molar-refractivity contribution in [3.63, 3.8) is 0 Å². The second kappa shape index (κ2) is 9.71. The second-order valence-corrected chi connectivity index (χ2v) is 9.41. The minimum absolute atomic E-state index is 0.122. The van der Waals surface area contributed by atoms with Gasteiger partial charge in [0.15, 0.2) is 0 Å². The lowest BCUT2D eigenvalue weighted by molar-refractivity contribution is 0.0736. The minimum atomic E-state index is 0.122. The molecule has 0 spiro atoms. The van der Waals surface area contributed by atoms with Gasteiger partial charge in [-0.2, -0.15) is 0 Å². The molecule has 1 atom stereocenters. The number of rotatable bonds is 7. The van der Waals surface area contributed by atoms with E-state index >= 15 is 0 Å². The standard InChI is InChI=1S/C27H27N3O2S/c1-32-24-8-4-6-20(17-24)16-23-7-5-15-30(23)27(31)21-10-12-25(13-11-21)33-19-22-18-29-14-3-2-9-26(29)28-22/h2-4,6,8-14,17-18,23H,5,7,15-16,19H2,1H3. The molecule has 0 radical (unpaired) electrons. The van der Waals surface area contributed by atoms with E-state index in [0.29, 0.717) is 0 Å². The number of likely N-dealkylation sites (tertiary alicyclic amines) is 1. The SMILES string of the molecule is COc1cccc(CC2CCCN2C(=O)c2ccc(SCc3cn4ccccc4n3)cc2)c1. The lowest BCUT2D eigenvalue weighted by atomic mass is 10.0. The van der Waals surface area contributed by atoms with E-state index in [4.69, 9.17) is 4.74 Å². The van der Waals surface area contributed by atoms with Crippen LogP contribution in [0.3, 0.4) is 0 Å². The maximum atomic E-state index is 13.2. The molecule has 1 saturated heterocycles. The van der Waals surface area contributed by atoms with Crippen molar-refractivity contribution in [1.82, 2.24) is 14.3 Å². The molecule has 1 amide bonds. The zero-order chi connectivity index (χ0) is 22.6. The summed E-state index contributed by atoms with van der Waals surface area (Å²) in [6, 6.07) is 22.4. The first-order valence-corrected chi connectivity index (χ1v) is 12.3. The fraction of sp³-hybridized carbons (Fsp3) is 0.259. The molecule has 0 saturated carbocycles. The average Bonchev–Trinajstić information content (AvgIpc) is 3.49. The van der Waals surface area contributed by atoms with E-state index in [0.717, 1.165) is 59.1 Å². The Hall–Kier alpha value is -3.25. The maximum Gasteiger partial charge on any atom is 0.254 e. The first kappa shape index (κ1) is 21.6. The van der Waals surface area contributed by atoms with Crippen molar-refractivity contribution in [2.75, 3.05) is 13.7 Å². The Kier molecular flexibility index (Phi) is 6.35. The third-order valence-electron chi connectivity index (χ3n) is 6.15. The molecule has 2 aromatic heterocycles. The van der Waals surface area contributed by atoms with Crippen LogP contribution in [0.5, 0.6) is 5.75 Å². The number of methoxy groups -OCH3 is 1. The number of aromatic nitrogens is 2. The van der Waals surface area contributed by atoms with Gasteiger partial charge in [-0.05, 0) is 73.4 Å². The maximum absolute atomic E-state index is 13.2. The Morgan fingerprint density at radius 3 is 2.82 bits per heavy atom. The molecule has 1 fully saturated rings. The number of amides is 1. The zero-order valence-electron chi connectivity index (χ0n) is 18.7. The summed E-state index contributed by atoms with van der Waals surface area (Å²) in [5.41, 5.74) is 3.97. The molecule has 1 aliphatic rings. The van der Waals surface area contributed by atoms with Gasteiger partial charge in [0.1, 0.15) is 11.4 Å². The van der Waals surface area contributed by atoms with Gasteiger partial charge in [-0.15, -0.1) is 11.8 Å². The number of hydrogen-bond donors (Lipinski definition) is 0. The normalized spacial score (nSPS) is 15.8. The Morgan fingerprint density at radius 1 is 1.12 bits per heavy atom. The fourth-order valence-electron chi connectivity index (χ4n) is 4.46. The third kappa shape index (κ3) is 4.91. The van der Waals surface area contributed by atoms with Gasteiger partial charge in [-0.25, -0.2) is 4.98 Å². The summed E-state index contributed by atoms with van der Waals surface area (Å²) >= 11 is 1.73. The molecule has 5 nitrogen and oxygen atoms in total. The highest BCUT2D eigenvalue weighted by Crippen LogP contribution is 2.27.